The summed E-state index contributed by atoms with van der Waals surface area (Å²) in [6.45, 7) is 2.85. The maximum Gasteiger partial charge on any atom is 0.272 e. The van der Waals surface area contributed by atoms with Crippen LogP contribution in [0, 0.1) is 11.6 Å². The van der Waals surface area contributed by atoms with Crippen molar-refractivity contribution in [2.24, 2.45) is 0 Å². The smallest absolute Gasteiger partial charge is 0.272 e. The summed E-state index contributed by atoms with van der Waals surface area (Å²) in [5.74, 6) is -1.27. The maximum absolute atomic E-state index is 13.8. The highest BCUT2D eigenvalue weighted by Crippen LogP contribution is 2.22. The Morgan fingerprint density at radius 2 is 2.07 bits per heavy atom. The monoisotopic (exact) mass is 395 g/mol. The van der Waals surface area contributed by atoms with Gasteiger partial charge in [0.05, 0.1) is 11.8 Å². The van der Waals surface area contributed by atoms with Gasteiger partial charge in [0.1, 0.15) is 17.3 Å². The van der Waals surface area contributed by atoms with Gasteiger partial charge in [-0.05, 0) is 24.6 Å². The summed E-state index contributed by atoms with van der Waals surface area (Å²) in [7, 11) is 0. The number of nitrogens with zero attached hydrogens (tertiary/aromatic N) is 4. The van der Waals surface area contributed by atoms with Gasteiger partial charge in [-0.1, -0.05) is 19.1 Å². The topological polar surface area (TPSA) is 64.2 Å². The quantitative estimate of drug-likeness (QED) is 0.540. The highest BCUT2D eigenvalue weighted by atomic mass is 19.1. The molecule has 0 bridgehead atoms. The summed E-state index contributed by atoms with van der Waals surface area (Å²) in [6, 6.07) is 8.69. The standard InChI is InChI=1S/C21H19F2N5O/c1-2-8-27-12-17(25-13-27)20-26-19(18-5-3-4-9-28(18)20)21(29)24-11-14-6-7-15(22)10-16(14)23/h3-7,9-10,12-13H,2,8,11H2,1H3,(H,24,29). The minimum Gasteiger partial charge on any atom is -0.346 e. The third-order valence-electron chi connectivity index (χ3n) is 4.56. The molecule has 6 nitrogen and oxygen atoms in total. The molecular formula is C21H19F2N5O. The van der Waals surface area contributed by atoms with Crippen LogP contribution < -0.4 is 5.32 Å². The van der Waals surface area contributed by atoms with E-state index in [1.165, 1.54) is 6.07 Å². The Balaban J connectivity index is 1.64. The second-order valence-electron chi connectivity index (χ2n) is 6.66. The van der Waals surface area contributed by atoms with E-state index >= 15 is 0 Å². The van der Waals surface area contributed by atoms with Gasteiger partial charge in [-0.15, -0.1) is 0 Å². The molecule has 148 valence electrons. The summed E-state index contributed by atoms with van der Waals surface area (Å²) in [4.78, 5) is 21.7. The minimum atomic E-state index is -0.706. The Kier molecular flexibility index (Phi) is 5.07. The number of benzene rings is 1. The number of hydrogen-bond donors (Lipinski definition) is 1. The SMILES string of the molecule is CCCn1cnc(-c2nc(C(=O)NCc3ccc(F)cc3F)c3ccccn23)c1. The molecule has 0 atom stereocenters. The Morgan fingerprint density at radius 1 is 1.21 bits per heavy atom. The van der Waals surface area contributed by atoms with E-state index in [4.69, 9.17) is 0 Å². The van der Waals surface area contributed by atoms with Crippen LogP contribution in [-0.2, 0) is 13.1 Å². The average molecular weight is 395 g/mol. The fourth-order valence-corrected chi connectivity index (χ4v) is 3.17. The molecule has 0 fully saturated rings. The maximum atomic E-state index is 13.8. The number of amides is 1. The van der Waals surface area contributed by atoms with Crippen molar-refractivity contribution in [2.45, 2.75) is 26.4 Å². The van der Waals surface area contributed by atoms with Crippen molar-refractivity contribution in [1.82, 2.24) is 24.3 Å². The molecule has 1 amide bonds. The minimum absolute atomic E-state index is 0.0722. The molecule has 0 aliphatic heterocycles. The van der Waals surface area contributed by atoms with E-state index in [0.717, 1.165) is 25.1 Å². The lowest BCUT2D eigenvalue weighted by molar-refractivity contribution is 0.0948. The number of fused-ring (bicyclic) bond motifs is 1. The molecule has 3 heterocycles. The normalized spacial score (nSPS) is 11.1. The van der Waals surface area contributed by atoms with Gasteiger partial charge >= 0.3 is 0 Å². The van der Waals surface area contributed by atoms with Gasteiger partial charge in [-0.25, -0.2) is 18.7 Å². The van der Waals surface area contributed by atoms with Crippen LogP contribution in [0.25, 0.3) is 17.0 Å². The zero-order valence-corrected chi connectivity index (χ0v) is 15.8. The molecule has 0 aliphatic carbocycles. The van der Waals surface area contributed by atoms with E-state index in [1.54, 1.807) is 16.8 Å². The van der Waals surface area contributed by atoms with Crippen LogP contribution in [0.4, 0.5) is 8.78 Å². The van der Waals surface area contributed by atoms with E-state index in [1.807, 2.05) is 29.1 Å². The number of carbonyl (C=O) groups is 1. The highest BCUT2D eigenvalue weighted by molar-refractivity contribution is 5.99. The van der Waals surface area contributed by atoms with Crippen LogP contribution in [0.3, 0.4) is 0 Å². The van der Waals surface area contributed by atoms with E-state index < -0.39 is 17.5 Å². The van der Waals surface area contributed by atoms with Crippen molar-refractivity contribution >= 4 is 11.4 Å². The second kappa shape index (κ2) is 7.83. The molecule has 3 aromatic heterocycles. The molecule has 0 saturated carbocycles. The molecule has 29 heavy (non-hydrogen) atoms. The summed E-state index contributed by atoms with van der Waals surface area (Å²) >= 11 is 0. The predicted molar refractivity (Wildman–Crippen MR) is 104 cm³/mol. The molecule has 0 radical (unpaired) electrons. The van der Waals surface area contributed by atoms with Gasteiger partial charge in [-0.2, -0.15) is 0 Å². The number of carbonyl (C=O) groups excluding carboxylic acids is 1. The first kappa shape index (κ1) is 18.8. The number of aryl methyl sites for hydroxylation is 1. The molecule has 4 rings (SSSR count). The largest absolute Gasteiger partial charge is 0.346 e. The van der Waals surface area contributed by atoms with Gasteiger partial charge in [0.25, 0.3) is 5.91 Å². The fraction of sp³-hybridized carbons (Fsp3) is 0.190. The lowest BCUT2D eigenvalue weighted by Crippen LogP contribution is -2.24. The Bertz CT molecular complexity index is 1180. The van der Waals surface area contributed by atoms with Crippen molar-refractivity contribution in [3.63, 3.8) is 0 Å². The zero-order valence-electron chi connectivity index (χ0n) is 15.8. The van der Waals surface area contributed by atoms with Gasteiger partial charge < -0.3 is 9.88 Å². The lowest BCUT2D eigenvalue weighted by Gasteiger charge is -2.05. The van der Waals surface area contributed by atoms with Crippen LogP contribution in [0.2, 0.25) is 0 Å². The van der Waals surface area contributed by atoms with E-state index in [0.29, 0.717) is 17.0 Å². The van der Waals surface area contributed by atoms with Gasteiger partial charge in [0, 0.05) is 37.1 Å². The number of halogens is 2. The van der Waals surface area contributed by atoms with Crippen LogP contribution >= 0.6 is 0 Å². The molecule has 0 saturated heterocycles. The summed E-state index contributed by atoms with van der Waals surface area (Å²) in [5.41, 5.74) is 1.68. The second-order valence-corrected chi connectivity index (χ2v) is 6.66. The number of nitrogens with one attached hydrogen (secondary N) is 1. The van der Waals surface area contributed by atoms with E-state index in [-0.39, 0.29) is 17.8 Å². The number of hydrogen-bond acceptors (Lipinski definition) is 3. The molecule has 0 unspecified atom stereocenters. The zero-order chi connectivity index (χ0) is 20.4. The van der Waals surface area contributed by atoms with Gasteiger partial charge in [-0.3, -0.25) is 9.20 Å². The Morgan fingerprint density at radius 3 is 2.86 bits per heavy atom. The lowest BCUT2D eigenvalue weighted by atomic mass is 10.2. The van der Waals surface area contributed by atoms with Crippen LogP contribution in [0.15, 0.2) is 55.1 Å². The van der Waals surface area contributed by atoms with Crippen molar-refractivity contribution in [3.8, 4) is 11.5 Å². The average Bonchev–Trinajstić information content (AvgIpc) is 3.32. The molecule has 8 heteroatoms. The molecule has 1 N–H and O–H groups in total. The number of imidazole rings is 2. The first-order valence-electron chi connectivity index (χ1n) is 9.28. The van der Waals surface area contributed by atoms with Crippen LogP contribution in [0.1, 0.15) is 29.4 Å². The van der Waals surface area contributed by atoms with Crippen LogP contribution in [-0.4, -0.2) is 24.8 Å². The molecule has 4 aromatic rings. The third-order valence-corrected chi connectivity index (χ3v) is 4.56. The fourth-order valence-electron chi connectivity index (χ4n) is 3.17. The summed E-state index contributed by atoms with van der Waals surface area (Å²) in [6.07, 6.45) is 6.42. The summed E-state index contributed by atoms with van der Waals surface area (Å²) < 4.78 is 30.6. The first-order valence-corrected chi connectivity index (χ1v) is 9.28. The number of pyridine rings is 1. The van der Waals surface area contributed by atoms with Crippen molar-refractivity contribution in [3.05, 3.63) is 78.0 Å². The van der Waals surface area contributed by atoms with Crippen molar-refractivity contribution in [1.29, 1.82) is 0 Å². The molecule has 1 aromatic carbocycles. The summed E-state index contributed by atoms with van der Waals surface area (Å²) in [5, 5.41) is 2.66. The predicted octanol–water partition coefficient (Wildman–Crippen LogP) is 3.82. The first-order chi connectivity index (χ1) is 14.1. The molecule has 0 aliphatic rings. The van der Waals surface area contributed by atoms with E-state index in [9.17, 15) is 13.6 Å². The third kappa shape index (κ3) is 3.73. The molecular weight excluding hydrogens is 376 g/mol. The highest BCUT2D eigenvalue weighted by Gasteiger charge is 2.19. The van der Waals surface area contributed by atoms with Crippen molar-refractivity contribution in [2.75, 3.05) is 0 Å². The van der Waals surface area contributed by atoms with E-state index in [2.05, 4.69) is 22.2 Å². The number of aromatic nitrogens is 4. The van der Waals surface area contributed by atoms with Crippen molar-refractivity contribution < 1.29 is 13.6 Å². The Labute approximate surface area is 165 Å². The number of rotatable bonds is 6. The molecule has 0 spiro atoms. The Hall–Kier alpha value is -3.55. The van der Waals surface area contributed by atoms with Gasteiger partial charge in [0.15, 0.2) is 11.5 Å². The van der Waals surface area contributed by atoms with Crippen LogP contribution in [0.5, 0.6) is 0 Å². The van der Waals surface area contributed by atoms with Gasteiger partial charge in [0.2, 0.25) is 0 Å².